The number of H-pyrrole nitrogens is 1. The van der Waals surface area contributed by atoms with Crippen molar-refractivity contribution >= 4 is 11.0 Å². The molecule has 1 unspecified atom stereocenters. The Morgan fingerprint density at radius 2 is 2.31 bits per heavy atom. The van der Waals surface area contributed by atoms with E-state index in [0.717, 1.165) is 16.9 Å². The first-order chi connectivity index (χ1) is 6.16. The lowest BCUT2D eigenvalue weighted by atomic mass is 10.3. The van der Waals surface area contributed by atoms with Crippen LogP contribution in [0.5, 0.6) is 5.75 Å². The van der Waals surface area contributed by atoms with Crippen LogP contribution in [0.2, 0.25) is 0 Å². The zero-order valence-electron chi connectivity index (χ0n) is 7.28. The summed E-state index contributed by atoms with van der Waals surface area (Å²) in [6.07, 6.45) is 0. The number of aromatic hydroxyl groups is 1. The maximum Gasteiger partial charge on any atom is 0.123 e. The van der Waals surface area contributed by atoms with Crippen molar-refractivity contribution in [2.45, 2.75) is 13.0 Å². The molecule has 1 heterocycles. The molecule has 1 atom stereocenters. The Balaban J connectivity index is 2.62. The first-order valence-electron chi connectivity index (χ1n) is 4.11. The maximum atomic E-state index is 9.20. The second-order valence-corrected chi connectivity index (χ2v) is 3.11. The molecule has 1 aromatic heterocycles. The highest BCUT2D eigenvalue weighted by Gasteiger charge is 2.06. The number of aromatic nitrogens is 2. The number of hydrogen-bond acceptors (Lipinski definition) is 3. The van der Waals surface area contributed by atoms with E-state index >= 15 is 0 Å². The molecule has 0 saturated heterocycles. The molecule has 0 fully saturated rings. The van der Waals surface area contributed by atoms with E-state index in [0.29, 0.717) is 0 Å². The fourth-order valence-electron chi connectivity index (χ4n) is 1.23. The average Bonchev–Trinajstić information content (AvgIpc) is 2.46. The predicted molar refractivity (Wildman–Crippen MR) is 50.4 cm³/mol. The minimum absolute atomic E-state index is 0.116. The van der Waals surface area contributed by atoms with Gasteiger partial charge in [-0.2, -0.15) is 0 Å². The van der Waals surface area contributed by atoms with E-state index in [-0.39, 0.29) is 11.8 Å². The molecular weight excluding hydrogens is 166 g/mol. The van der Waals surface area contributed by atoms with Gasteiger partial charge in [-0.3, -0.25) is 0 Å². The highest BCUT2D eigenvalue weighted by molar-refractivity contribution is 5.76. The van der Waals surface area contributed by atoms with Crippen molar-refractivity contribution in [3.63, 3.8) is 0 Å². The van der Waals surface area contributed by atoms with Gasteiger partial charge < -0.3 is 15.8 Å². The topological polar surface area (TPSA) is 74.9 Å². The molecule has 4 heteroatoms. The van der Waals surface area contributed by atoms with Crippen LogP contribution >= 0.6 is 0 Å². The van der Waals surface area contributed by atoms with E-state index in [1.165, 1.54) is 0 Å². The molecule has 2 aromatic rings. The summed E-state index contributed by atoms with van der Waals surface area (Å²) < 4.78 is 0. The van der Waals surface area contributed by atoms with Gasteiger partial charge in [-0.1, -0.05) is 0 Å². The molecule has 68 valence electrons. The van der Waals surface area contributed by atoms with Gasteiger partial charge in [-0.05, 0) is 19.1 Å². The zero-order chi connectivity index (χ0) is 9.42. The first kappa shape index (κ1) is 8.07. The lowest BCUT2D eigenvalue weighted by Crippen LogP contribution is -2.06. The summed E-state index contributed by atoms with van der Waals surface area (Å²) in [5.41, 5.74) is 7.30. The minimum atomic E-state index is -0.116. The average molecular weight is 177 g/mol. The first-order valence-corrected chi connectivity index (χ1v) is 4.11. The smallest absolute Gasteiger partial charge is 0.123 e. The zero-order valence-corrected chi connectivity index (χ0v) is 7.28. The summed E-state index contributed by atoms with van der Waals surface area (Å²) in [5, 5.41) is 9.20. The number of nitrogens with one attached hydrogen (secondary N) is 1. The second kappa shape index (κ2) is 2.74. The van der Waals surface area contributed by atoms with Gasteiger partial charge in [-0.25, -0.2) is 4.98 Å². The van der Waals surface area contributed by atoms with Crippen molar-refractivity contribution in [2.24, 2.45) is 5.73 Å². The summed E-state index contributed by atoms with van der Waals surface area (Å²) in [5.74, 6) is 0.966. The van der Waals surface area contributed by atoms with Crippen LogP contribution in [-0.2, 0) is 0 Å². The Bertz CT molecular complexity index is 433. The highest BCUT2D eigenvalue weighted by atomic mass is 16.3. The van der Waals surface area contributed by atoms with E-state index in [2.05, 4.69) is 9.97 Å². The SMILES string of the molecule is CC(N)c1nc2ccc(O)cc2[nH]1. The molecule has 0 bridgehead atoms. The standard InChI is InChI=1S/C9H11N3O/c1-5(10)9-11-7-3-2-6(13)4-8(7)12-9/h2-5,13H,10H2,1H3,(H,11,12). The number of rotatable bonds is 1. The lowest BCUT2D eigenvalue weighted by Gasteiger charge is -1.96. The van der Waals surface area contributed by atoms with E-state index in [4.69, 9.17) is 5.73 Å². The highest BCUT2D eigenvalue weighted by Crippen LogP contribution is 2.19. The molecule has 0 aliphatic rings. The van der Waals surface area contributed by atoms with E-state index in [9.17, 15) is 5.11 Å². The summed E-state index contributed by atoms with van der Waals surface area (Å²) in [4.78, 5) is 7.30. The van der Waals surface area contributed by atoms with Crippen LogP contribution in [0.4, 0.5) is 0 Å². The number of fused-ring (bicyclic) bond motifs is 1. The molecular formula is C9H11N3O. The third kappa shape index (κ3) is 1.36. The van der Waals surface area contributed by atoms with Crippen molar-refractivity contribution in [3.8, 4) is 5.75 Å². The summed E-state index contributed by atoms with van der Waals surface area (Å²) >= 11 is 0. The molecule has 1 aromatic carbocycles. The monoisotopic (exact) mass is 177 g/mol. The van der Waals surface area contributed by atoms with Gasteiger partial charge >= 0.3 is 0 Å². The third-order valence-electron chi connectivity index (χ3n) is 1.92. The molecule has 4 N–H and O–H groups in total. The number of nitrogens with two attached hydrogens (primary N) is 1. The fourth-order valence-corrected chi connectivity index (χ4v) is 1.23. The molecule has 13 heavy (non-hydrogen) atoms. The molecule has 0 amide bonds. The molecule has 0 spiro atoms. The largest absolute Gasteiger partial charge is 0.508 e. The summed E-state index contributed by atoms with van der Waals surface area (Å²) in [6, 6.07) is 4.88. The Morgan fingerprint density at radius 3 is 3.00 bits per heavy atom. The van der Waals surface area contributed by atoms with Crippen molar-refractivity contribution in [2.75, 3.05) is 0 Å². The van der Waals surface area contributed by atoms with E-state index < -0.39 is 0 Å². The van der Waals surface area contributed by atoms with Gasteiger partial charge in [0.05, 0.1) is 17.1 Å². The van der Waals surface area contributed by atoms with Gasteiger partial charge in [0.1, 0.15) is 11.6 Å². The molecule has 0 aliphatic heterocycles. The van der Waals surface area contributed by atoms with Crippen LogP contribution in [-0.4, -0.2) is 15.1 Å². The Hall–Kier alpha value is -1.55. The Kier molecular flexibility index (Phi) is 1.70. The summed E-state index contributed by atoms with van der Waals surface area (Å²) in [6.45, 7) is 1.86. The van der Waals surface area contributed by atoms with Crippen LogP contribution in [0, 0.1) is 0 Å². The molecule has 0 saturated carbocycles. The number of aromatic amines is 1. The number of phenols is 1. The van der Waals surface area contributed by atoms with Crippen LogP contribution in [0.1, 0.15) is 18.8 Å². The number of nitrogens with zero attached hydrogens (tertiary/aromatic N) is 1. The van der Waals surface area contributed by atoms with E-state index in [1.807, 2.05) is 6.92 Å². The Labute approximate surface area is 75.4 Å². The second-order valence-electron chi connectivity index (χ2n) is 3.11. The van der Waals surface area contributed by atoms with Crippen molar-refractivity contribution < 1.29 is 5.11 Å². The number of benzene rings is 1. The van der Waals surface area contributed by atoms with Gasteiger partial charge in [0.25, 0.3) is 0 Å². The lowest BCUT2D eigenvalue weighted by molar-refractivity contribution is 0.476. The van der Waals surface area contributed by atoms with Gasteiger partial charge in [0.2, 0.25) is 0 Å². The van der Waals surface area contributed by atoms with Crippen LogP contribution in [0.25, 0.3) is 11.0 Å². The number of hydrogen-bond donors (Lipinski definition) is 3. The van der Waals surface area contributed by atoms with Crippen molar-refractivity contribution in [3.05, 3.63) is 24.0 Å². The maximum absolute atomic E-state index is 9.20. The number of imidazole rings is 1. The minimum Gasteiger partial charge on any atom is -0.508 e. The quantitative estimate of drug-likeness (QED) is 0.614. The predicted octanol–water partition coefficient (Wildman–Crippen LogP) is 1.29. The van der Waals surface area contributed by atoms with Crippen molar-refractivity contribution in [1.82, 2.24) is 9.97 Å². The van der Waals surface area contributed by atoms with Gasteiger partial charge in [-0.15, -0.1) is 0 Å². The molecule has 2 rings (SSSR count). The van der Waals surface area contributed by atoms with Gasteiger partial charge in [0.15, 0.2) is 0 Å². The molecule has 4 nitrogen and oxygen atoms in total. The number of phenolic OH excluding ortho intramolecular Hbond substituents is 1. The van der Waals surface area contributed by atoms with Crippen LogP contribution < -0.4 is 5.73 Å². The third-order valence-corrected chi connectivity index (χ3v) is 1.92. The van der Waals surface area contributed by atoms with Crippen LogP contribution in [0.3, 0.4) is 0 Å². The Morgan fingerprint density at radius 1 is 1.54 bits per heavy atom. The fraction of sp³-hybridized carbons (Fsp3) is 0.222. The summed E-state index contributed by atoms with van der Waals surface area (Å²) in [7, 11) is 0. The van der Waals surface area contributed by atoms with Crippen LogP contribution in [0.15, 0.2) is 18.2 Å². The molecule has 0 aliphatic carbocycles. The van der Waals surface area contributed by atoms with E-state index in [1.54, 1.807) is 18.2 Å². The molecule has 0 radical (unpaired) electrons. The normalized spacial score (nSPS) is 13.4. The van der Waals surface area contributed by atoms with Gasteiger partial charge in [0, 0.05) is 6.07 Å². The van der Waals surface area contributed by atoms with Crippen molar-refractivity contribution in [1.29, 1.82) is 0 Å².